The summed E-state index contributed by atoms with van der Waals surface area (Å²) in [7, 11) is 0.623. The monoisotopic (exact) mass is 337 g/mol. The maximum absolute atomic E-state index is 11.4. The largest absolute Gasteiger partial charge is 0.480 e. The van der Waals surface area contributed by atoms with E-state index >= 15 is 0 Å². The average molecular weight is 337 g/mol. The van der Waals surface area contributed by atoms with E-state index in [9.17, 15) is 10.1 Å². The molecule has 0 saturated heterocycles. The Balaban J connectivity index is 1.74. The summed E-state index contributed by atoms with van der Waals surface area (Å²) < 4.78 is 21.4. The highest BCUT2D eigenvalue weighted by Crippen LogP contribution is 2.29. The molecule has 0 fully saturated rings. The van der Waals surface area contributed by atoms with Crippen molar-refractivity contribution >= 4 is 18.9 Å². The van der Waals surface area contributed by atoms with Crippen LogP contribution in [0.3, 0.4) is 0 Å². The van der Waals surface area contributed by atoms with Crippen molar-refractivity contribution in [2.24, 2.45) is 0 Å². The second-order valence-corrected chi connectivity index (χ2v) is 5.39. The van der Waals surface area contributed by atoms with Crippen molar-refractivity contribution in [1.29, 1.82) is 5.26 Å². The first kappa shape index (κ1) is 16.9. The van der Waals surface area contributed by atoms with E-state index in [4.69, 9.17) is 18.9 Å². The van der Waals surface area contributed by atoms with E-state index in [-0.39, 0.29) is 19.0 Å². The summed E-state index contributed by atoms with van der Waals surface area (Å²) in [6.45, 7) is 2.31. The van der Waals surface area contributed by atoms with Crippen molar-refractivity contribution in [2.45, 2.75) is 13.5 Å². The first-order valence-electron chi connectivity index (χ1n) is 7.89. The summed E-state index contributed by atoms with van der Waals surface area (Å²) in [5.74, 6) is 0.968. The molecule has 126 valence electrons. The SMILES string of the molecule is CCOC(=O)COc1cc(Oc2ccc3c(c2)COB3)ccc1C#N. The summed E-state index contributed by atoms with van der Waals surface area (Å²) >= 11 is 0. The fourth-order valence-electron chi connectivity index (χ4n) is 2.47. The van der Waals surface area contributed by atoms with Crippen molar-refractivity contribution in [3.05, 3.63) is 47.5 Å². The van der Waals surface area contributed by atoms with Gasteiger partial charge in [-0.05, 0) is 42.2 Å². The van der Waals surface area contributed by atoms with Gasteiger partial charge in [-0.25, -0.2) is 4.79 Å². The predicted molar refractivity (Wildman–Crippen MR) is 91.4 cm³/mol. The Morgan fingerprint density at radius 3 is 2.88 bits per heavy atom. The zero-order valence-electron chi connectivity index (χ0n) is 13.8. The van der Waals surface area contributed by atoms with Gasteiger partial charge in [0.25, 0.3) is 0 Å². The number of nitriles is 1. The molecule has 0 radical (unpaired) electrons. The summed E-state index contributed by atoms with van der Waals surface area (Å²) in [6, 6.07) is 12.6. The fourth-order valence-corrected chi connectivity index (χ4v) is 2.47. The fraction of sp³-hybridized carbons (Fsp3) is 0.222. The third kappa shape index (κ3) is 4.11. The number of rotatable bonds is 6. The van der Waals surface area contributed by atoms with E-state index in [0.29, 0.717) is 31.2 Å². The van der Waals surface area contributed by atoms with Gasteiger partial charge in [-0.15, -0.1) is 0 Å². The van der Waals surface area contributed by atoms with Crippen molar-refractivity contribution in [3.63, 3.8) is 0 Å². The molecule has 0 saturated carbocycles. The van der Waals surface area contributed by atoms with Crippen molar-refractivity contribution in [1.82, 2.24) is 0 Å². The minimum atomic E-state index is -0.490. The normalized spacial score (nSPS) is 11.8. The van der Waals surface area contributed by atoms with E-state index in [1.165, 1.54) is 0 Å². The quantitative estimate of drug-likeness (QED) is 0.591. The molecule has 3 rings (SSSR count). The molecule has 1 aliphatic heterocycles. The molecule has 2 aromatic carbocycles. The number of ether oxygens (including phenoxy) is 3. The van der Waals surface area contributed by atoms with Crippen LogP contribution in [-0.2, 0) is 20.8 Å². The van der Waals surface area contributed by atoms with Gasteiger partial charge in [0.1, 0.15) is 23.3 Å². The number of esters is 1. The van der Waals surface area contributed by atoms with Gasteiger partial charge in [0, 0.05) is 6.07 Å². The molecule has 0 spiro atoms. The molecule has 1 heterocycles. The van der Waals surface area contributed by atoms with Gasteiger partial charge in [0.05, 0.1) is 18.8 Å². The molecule has 25 heavy (non-hydrogen) atoms. The van der Waals surface area contributed by atoms with Crippen LogP contribution >= 0.6 is 0 Å². The highest BCUT2D eigenvalue weighted by atomic mass is 16.6. The summed E-state index contributed by atoms with van der Waals surface area (Å²) in [5, 5.41) is 9.17. The van der Waals surface area contributed by atoms with Gasteiger partial charge in [-0.3, -0.25) is 0 Å². The van der Waals surface area contributed by atoms with E-state index in [0.717, 1.165) is 11.0 Å². The van der Waals surface area contributed by atoms with Crippen LogP contribution in [0.25, 0.3) is 0 Å². The third-order valence-corrected chi connectivity index (χ3v) is 3.65. The minimum Gasteiger partial charge on any atom is -0.480 e. The molecule has 0 amide bonds. The van der Waals surface area contributed by atoms with Crippen LogP contribution in [0.4, 0.5) is 0 Å². The standard InChI is InChI=1S/C18H16BNO5/c1-2-22-18(21)11-23-17-8-15(4-3-12(17)9-20)25-14-5-6-16-13(7-14)10-24-19-16/h3-8,19H,2,10-11H2,1H3. The number of carbonyl (C=O) groups excluding carboxylic acids is 1. The Kier molecular flexibility index (Phi) is 5.22. The summed E-state index contributed by atoms with van der Waals surface area (Å²) in [5.41, 5.74) is 2.58. The van der Waals surface area contributed by atoms with Crippen molar-refractivity contribution < 1.29 is 23.7 Å². The van der Waals surface area contributed by atoms with Crippen LogP contribution in [0.15, 0.2) is 36.4 Å². The molecule has 0 N–H and O–H groups in total. The second-order valence-electron chi connectivity index (χ2n) is 5.39. The Labute approximate surface area is 146 Å². The summed E-state index contributed by atoms with van der Waals surface area (Å²) in [6.07, 6.45) is 0. The average Bonchev–Trinajstić information content (AvgIpc) is 3.08. The number of carbonyl (C=O) groups is 1. The number of benzene rings is 2. The van der Waals surface area contributed by atoms with Gasteiger partial charge in [0.2, 0.25) is 0 Å². The number of fused-ring (bicyclic) bond motifs is 1. The van der Waals surface area contributed by atoms with Gasteiger partial charge < -0.3 is 18.9 Å². The lowest BCUT2D eigenvalue weighted by Gasteiger charge is -2.11. The van der Waals surface area contributed by atoms with E-state index in [2.05, 4.69) is 0 Å². The van der Waals surface area contributed by atoms with E-state index in [1.807, 2.05) is 24.3 Å². The molecule has 0 aromatic heterocycles. The third-order valence-electron chi connectivity index (χ3n) is 3.65. The Bertz CT molecular complexity index is 831. The van der Waals surface area contributed by atoms with Gasteiger partial charge in [-0.2, -0.15) is 5.26 Å². The Hall–Kier alpha value is -2.98. The van der Waals surface area contributed by atoms with Crippen LogP contribution in [0, 0.1) is 11.3 Å². The molecule has 7 heteroatoms. The Morgan fingerprint density at radius 1 is 1.28 bits per heavy atom. The minimum absolute atomic E-state index is 0.262. The Morgan fingerprint density at radius 2 is 2.08 bits per heavy atom. The highest BCUT2D eigenvalue weighted by molar-refractivity contribution is 6.48. The maximum Gasteiger partial charge on any atom is 0.344 e. The smallest absolute Gasteiger partial charge is 0.344 e. The lowest BCUT2D eigenvalue weighted by Crippen LogP contribution is -2.15. The highest BCUT2D eigenvalue weighted by Gasteiger charge is 2.14. The molecular formula is C18H16BNO5. The van der Waals surface area contributed by atoms with Crippen LogP contribution in [0.1, 0.15) is 18.1 Å². The zero-order chi connectivity index (χ0) is 17.6. The first-order chi connectivity index (χ1) is 12.2. The van der Waals surface area contributed by atoms with E-state index in [1.54, 1.807) is 25.1 Å². The molecule has 0 aliphatic carbocycles. The lowest BCUT2D eigenvalue weighted by molar-refractivity contribution is -0.145. The number of nitrogens with zero attached hydrogens (tertiary/aromatic N) is 1. The first-order valence-corrected chi connectivity index (χ1v) is 7.89. The summed E-state index contributed by atoms with van der Waals surface area (Å²) in [4.78, 5) is 11.4. The van der Waals surface area contributed by atoms with Crippen LogP contribution in [0.5, 0.6) is 17.2 Å². The maximum atomic E-state index is 11.4. The molecule has 1 aliphatic rings. The van der Waals surface area contributed by atoms with Crippen LogP contribution in [0.2, 0.25) is 0 Å². The van der Waals surface area contributed by atoms with Crippen LogP contribution in [-0.4, -0.2) is 26.7 Å². The lowest BCUT2D eigenvalue weighted by atomic mass is 9.87. The zero-order valence-corrected chi connectivity index (χ0v) is 13.8. The predicted octanol–water partition coefficient (Wildman–Crippen LogP) is 1.80. The van der Waals surface area contributed by atoms with Gasteiger partial charge >= 0.3 is 13.5 Å². The van der Waals surface area contributed by atoms with Gasteiger partial charge in [-0.1, -0.05) is 6.07 Å². The molecule has 6 nitrogen and oxygen atoms in total. The molecule has 0 atom stereocenters. The molecule has 0 bridgehead atoms. The molecule has 2 aromatic rings. The van der Waals surface area contributed by atoms with Crippen molar-refractivity contribution in [2.75, 3.05) is 13.2 Å². The van der Waals surface area contributed by atoms with E-state index < -0.39 is 5.97 Å². The molecular weight excluding hydrogens is 321 g/mol. The topological polar surface area (TPSA) is 77.8 Å². The van der Waals surface area contributed by atoms with Crippen LogP contribution < -0.4 is 14.9 Å². The van der Waals surface area contributed by atoms with Gasteiger partial charge in [0.15, 0.2) is 6.61 Å². The number of hydrogen-bond acceptors (Lipinski definition) is 6. The number of hydrogen-bond donors (Lipinski definition) is 0. The second kappa shape index (κ2) is 7.73. The molecule has 0 unspecified atom stereocenters. The van der Waals surface area contributed by atoms with Crippen molar-refractivity contribution in [3.8, 4) is 23.3 Å².